The second-order valence-corrected chi connectivity index (χ2v) is 19.6. The van der Waals surface area contributed by atoms with Gasteiger partial charge in [0.1, 0.15) is 17.9 Å². The van der Waals surface area contributed by atoms with Crippen LogP contribution in [0.4, 0.5) is 5.69 Å². The molecule has 4 aliphatic heterocycles. The van der Waals surface area contributed by atoms with E-state index in [1.807, 2.05) is 43.1 Å². The quantitative estimate of drug-likeness (QED) is 0.0657. The monoisotopic (exact) mass is 899 g/mol. The van der Waals surface area contributed by atoms with Gasteiger partial charge in [-0.15, -0.1) is 0 Å². The zero-order valence-electron chi connectivity index (χ0n) is 39.0. The fraction of sp³-hybridized carbons (Fsp3) is 0.620. The molecule has 15 nitrogen and oxygen atoms in total. The SMILES string of the molecule is CCC1(O)CC(CCc2cc3c(cc2OC)N(C)C2C34CCN3CC=C[C@](CC)(C34)[C@@H](O)[C@]2(O)C(=O)NCCCOC(=O)[C@H](C)N)CN(CCc2c(CC(=O)OC)[nH]c3ccccc23)C1. The molecule has 0 radical (unpaired) electrons. The lowest BCUT2D eigenvalue weighted by Crippen LogP contribution is -2.81. The number of aromatic nitrogens is 1. The second-order valence-electron chi connectivity index (χ2n) is 19.6. The van der Waals surface area contributed by atoms with Gasteiger partial charge in [-0.3, -0.25) is 24.2 Å². The molecule has 15 heteroatoms. The van der Waals surface area contributed by atoms with Crippen LogP contribution in [-0.2, 0) is 48.5 Å². The summed E-state index contributed by atoms with van der Waals surface area (Å²) in [5.41, 5.74) is 6.85. The molecule has 2 saturated heterocycles. The predicted molar refractivity (Wildman–Crippen MR) is 248 cm³/mol. The summed E-state index contributed by atoms with van der Waals surface area (Å²) in [6.45, 7) is 9.38. The van der Waals surface area contributed by atoms with Gasteiger partial charge in [0, 0.05) is 85.0 Å². The van der Waals surface area contributed by atoms with Gasteiger partial charge in [-0.25, -0.2) is 0 Å². The summed E-state index contributed by atoms with van der Waals surface area (Å²) in [6, 6.07) is 10.7. The van der Waals surface area contributed by atoms with Gasteiger partial charge in [0.2, 0.25) is 0 Å². The lowest BCUT2D eigenvalue weighted by molar-refractivity contribution is -0.203. The number of aliphatic hydroxyl groups excluding tert-OH is 1. The third-order valence-electron chi connectivity index (χ3n) is 16.0. The average molecular weight is 899 g/mol. The van der Waals surface area contributed by atoms with Crippen molar-refractivity contribution in [1.82, 2.24) is 20.1 Å². The van der Waals surface area contributed by atoms with Crippen LogP contribution in [0.2, 0.25) is 0 Å². The predicted octanol–water partition coefficient (Wildman–Crippen LogP) is 3.13. The Bertz CT molecular complexity index is 2300. The number of β-amino-alcohol motifs (C(OH)–C–C–N with tert-alkyl or cyclic N) is 1. The number of rotatable bonds is 17. The van der Waals surface area contributed by atoms with Crippen LogP contribution in [0.3, 0.4) is 0 Å². The van der Waals surface area contributed by atoms with Crippen LogP contribution >= 0.6 is 0 Å². The number of likely N-dealkylation sites (tertiary alicyclic amines) is 1. The summed E-state index contributed by atoms with van der Waals surface area (Å²) in [4.78, 5) is 49.2. The molecule has 0 bridgehead atoms. The van der Waals surface area contributed by atoms with Crippen molar-refractivity contribution in [2.75, 3.05) is 72.0 Å². The Morgan fingerprint density at radius 2 is 1.86 bits per heavy atom. The number of nitrogens with zero attached hydrogens (tertiary/aromatic N) is 3. The summed E-state index contributed by atoms with van der Waals surface area (Å²) in [5.74, 6) is -0.565. The van der Waals surface area contributed by atoms with E-state index in [2.05, 4.69) is 51.3 Å². The van der Waals surface area contributed by atoms with Crippen molar-refractivity contribution in [3.63, 3.8) is 0 Å². The van der Waals surface area contributed by atoms with Gasteiger partial charge in [0.05, 0.1) is 38.9 Å². The van der Waals surface area contributed by atoms with Crippen molar-refractivity contribution in [2.45, 2.75) is 119 Å². The van der Waals surface area contributed by atoms with Gasteiger partial charge in [-0.1, -0.05) is 44.2 Å². The molecule has 2 aromatic carbocycles. The maximum atomic E-state index is 14.6. The van der Waals surface area contributed by atoms with Crippen molar-refractivity contribution in [2.24, 2.45) is 17.1 Å². The highest BCUT2D eigenvalue weighted by Crippen LogP contribution is 2.67. The van der Waals surface area contributed by atoms with E-state index >= 15 is 0 Å². The summed E-state index contributed by atoms with van der Waals surface area (Å²) in [7, 11) is 4.99. The number of likely N-dealkylation sites (N-methyl/N-ethyl adjacent to an activating group) is 1. The fourth-order valence-corrected chi connectivity index (χ4v) is 12.9. The Labute approximate surface area is 382 Å². The van der Waals surface area contributed by atoms with E-state index < -0.39 is 52.1 Å². The minimum atomic E-state index is -2.21. The molecule has 5 unspecified atom stereocenters. The standard InChI is InChI=1S/C50H70N6O9/c1-7-47(61)28-32(29-55(30-47)22-17-35-34-13-9-10-14-37(34)53-38(35)26-41(57)64-6)15-16-33-25-36-39(27-40(33)63-5)54(4)44-49(36)19-23-56-21-11-18-48(8-2,43(49)56)45(59)50(44,62)46(60)52-20-12-24-65-42(58)31(3)51/h9-11,13-14,18,25,27,31-32,43-45,53,59,61-62H,7-8,12,15-17,19-24,26,28-30,51H2,1-6H3,(H,52,60)/t31-,32?,43?,44?,45+,47?,48+,49?,50-/m0/s1. The first-order valence-corrected chi connectivity index (χ1v) is 23.7. The number of nitrogens with two attached hydrogens (primary N) is 1. The van der Waals surface area contributed by atoms with Crippen molar-refractivity contribution in [1.29, 1.82) is 0 Å². The molecule has 1 aromatic heterocycles. The van der Waals surface area contributed by atoms with E-state index in [-0.39, 0.29) is 37.5 Å². The molecular formula is C50H70N6O9. The van der Waals surface area contributed by atoms with E-state index in [0.717, 1.165) is 70.8 Å². The molecule has 1 saturated carbocycles. The molecule has 1 spiro atoms. The number of aromatic amines is 1. The van der Waals surface area contributed by atoms with Gasteiger partial charge in [-0.05, 0) is 99.6 Å². The number of aryl methyl sites for hydroxylation is 1. The number of esters is 2. The number of hydrogen-bond acceptors (Lipinski definition) is 13. The molecule has 65 heavy (non-hydrogen) atoms. The number of nitrogens with one attached hydrogen (secondary N) is 2. The average Bonchev–Trinajstić information content (AvgIpc) is 3.94. The van der Waals surface area contributed by atoms with Crippen LogP contribution in [0, 0.1) is 11.3 Å². The highest BCUT2D eigenvalue weighted by molar-refractivity contribution is 5.90. The van der Waals surface area contributed by atoms with Crippen molar-refractivity contribution >= 4 is 34.4 Å². The van der Waals surface area contributed by atoms with Gasteiger partial charge in [0.25, 0.3) is 5.91 Å². The minimum absolute atomic E-state index is 0.0581. The van der Waals surface area contributed by atoms with Gasteiger partial charge >= 0.3 is 11.9 Å². The summed E-state index contributed by atoms with van der Waals surface area (Å²) in [5, 5.41) is 41.7. The fourth-order valence-electron chi connectivity index (χ4n) is 12.9. The Morgan fingerprint density at radius 3 is 2.58 bits per heavy atom. The maximum Gasteiger partial charge on any atom is 0.322 e. The summed E-state index contributed by atoms with van der Waals surface area (Å²) >= 11 is 0. The number of para-hydroxylation sites is 1. The second kappa shape index (κ2) is 18.3. The highest BCUT2D eigenvalue weighted by Gasteiger charge is 2.78. The van der Waals surface area contributed by atoms with Crippen LogP contribution < -0.4 is 20.7 Å². The number of piperidine rings is 1. The first-order chi connectivity index (χ1) is 31.1. The number of carbonyl (C=O) groups excluding carboxylic acids is 3. The molecule has 354 valence electrons. The van der Waals surface area contributed by atoms with E-state index in [9.17, 15) is 29.7 Å². The Morgan fingerprint density at radius 1 is 1.08 bits per heavy atom. The summed E-state index contributed by atoms with van der Waals surface area (Å²) < 4.78 is 16.4. The maximum absolute atomic E-state index is 14.6. The van der Waals surface area contributed by atoms with Crippen molar-refractivity contribution < 1.29 is 43.9 Å². The van der Waals surface area contributed by atoms with E-state index in [1.54, 1.807) is 14.0 Å². The minimum Gasteiger partial charge on any atom is -0.496 e. The zero-order valence-corrected chi connectivity index (χ0v) is 39.0. The van der Waals surface area contributed by atoms with Crippen LogP contribution in [0.15, 0.2) is 48.6 Å². The first-order valence-electron chi connectivity index (χ1n) is 23.7. The summed E-state index contributed by atoms with van der Waals surface area (Å²) in [6.07, 6.45) is 7.91. The van der Waals surface area contributed by atoms with Gasteiger partial charge in [-0.2, -0.15) is 0 Å². The van der Waals surface area contributed by atoms with Crippen LogP contribution in [0.5, 0.6) is 5.75 Å². The van der Waals surface area contributed by atoms with Gasteiger partial charge < -0.3 is 50.5 Å². The number of amides is 1. The highest BCUT2D eigenvalue weighted by atomic mass is 16.5. The number of aliphatic hydroxyl groups is 3. The van der Waals surface area contributed by atoms with Crippen molar-refractivity contribution in [3.8, 4) is 5.75 Å². The third-order valence-corrected chi connectivity index (χ3v) is 16.0. The largest absolute Gasteiger partial charge is 0.496 e. The molecule has 3 fully saturated rings. The lowest BCUT2D eigenvalue weighted by Gasteiger charge is -2.63. The van der Waals surface area contributed by atoms with Crippen LogP contribution in [0.1, 0.15) is 81.7 Å². The van der Waals surface area contributed by atoms with Crippen LogP contribution in [0.25, 0.3) is 10.9 Å². The molecule has 1 aliphatic carbocycles. The Kier molecular flexibility index (Phi) is 13.2. The molecule has 9 atom stereocenters. The number of fused-ring (bicyclic) bond motifs is 2. The number of benzene rings is 2. The molecule has 5 aliphatic rings. The first kappa shape index (κ1) is 47.0. The molecule has 3 aromatic rings. The Hall–Kier alpha value is -4.51. The lowest BCUT2D eigenvalue weighted by atomic mass is 9.47. The topological polar surface area (TPSA) is 203 Å². The smallest absolute Gasteiger partial charge is 0.322 e. The van der Waals surface area contributed by atoms with Crippen LogP contribution in [-0.4, -0.2) is 151 Å². The number of anilines is 1. The zero-order chi connectivity index (χ0) is 46.5. The van der Waals surface area contributed by atoms with Gasteiger partial charge in [0.15, 0.2) is 5.60 Å². The molecule has 7 N–H and O–H groups in total. The van der Waals surface area contributed by atoms with E-state index in [0.29, 0.717) is 58.0 Å². The third kappa shape index (κ3) is 7.93. The molecular weight excluding hydrogens is 829 g/mol. The molecule has 8 rings (SSSR count). The number of hydrogen-bond donors (Lipinski definition) is 6. The number of H-pyrrole nitrogens is 1. The number of carbonyl (C=O) groups is 3. The van der Waals surface area contributed by atoms with Crippen molar-refractivity contribution in [3.05, 3.63) is 70.9 Å². The molecule has 5 heterocycles. The number of methoxy groups -OCH3 is 2. The van der Waals surface area contributed by atoms with E-state index in [1.165, 1.54) is 7.11 Å². The molecule has 1 amide bonds. The normalized spacial score (nSPS) is 31.0. The Balaban J connectivity index is 1.07. The number of ether oxygens (including phenoxy) is 3. The van der Waals surface area contributed by atoms with E-state index in [4.69, 9.17) is 19.9 Å².